The molecule has 3 aromatic rings. The second-order valence-electron chi connectivity index (χ2n) is 6.03. The second kappa shape index (κ2) is 9.98. The molecule has 5 nitrogen and oxygen atoms in total. The van der Waals surface area contributed by atoms with E-state index in [0.717, 1.165) is 28.0 Å². The van der Waals surface area contributed by atoms with Gasteiger partial charge in [-0.3, -0.25) is 9.78 Å². The molecule has 1 amide bonds. The van der Waals surface area contributed by atoms with E-state index >= 15 is 0 Å². The summed E-state index contributed by atoms with van der Waals surface area (Å²) in [5.74, 6) is 7.25. The third-order valence-corrected chi connectivity index (χ3v) is 3.99. The maximum absolute atomic E-state index is 12.0. The highest BCUT2D eigenvalue weighted by atomic mass is 16.5. The average Bonchev–Trinajstić information content (AvgIpc) is 2.72. The van der Waals surface area contributed by atoms with Crippen molar-refractivity contribution in [3.05, 3.63) is 66.4 Å². The standard InChI is InChI=1S/C23H22N2O3/c1-2-27-20-10-7-18(8-11-20)16-23(26)25-13-3-4-15-28-21-12-9-19-6-5-14-24-22(19)17-21/h5-12,14,17H,2,13,15-16H2,1H3,(H,25,26). The Kier molecular flexibility index (Phi) is 6.86. The summed E-state index contributed by atoms with van der Waals surface area (Å²) in [6.07, 6.45) is 2.07. The van der Waals surface area contributed by atoms with Crippen LogP contribution in [-0.2, 0) is 11.2 Å². The van der Waals surface area contributed by atoms with Gasteiger partial charge in [0.25, 0.3) is 0 Å². The zero-order valence-electron chi connectivity index (χ0n) is 15.8. The van der Waals surface area contributed by atoms with Gasteiger partial charge in [0.2, 0.25) is 5.91 Å². The molecule has 0 atom stereocenters. The number of amides is 1. The van der Waals surface area contributed by atoms with Gasteiger partial charge in [-0.1, -0.05) is 30.0 Å². The molecule has 1 aromatic heterocycles. The Hall–Kier alpha value is -3.52. The Balaban J connectivity index is 1.38. The van der Waals surface area contributed by atoms with Crippen LogP contribution in [0, 0.1) is 11.8 Å². The van der Waals surface area contributed by atoms with Crippen LogP contribution in [0.5, 0.6) is 11.5 Å². The molecule has 1 heterocycles. The molecular weight excluding hydrogens is 352 g/mol. The molecule has 0 fully saturated rings. The van der Waals surface area contributed by atoms with Crippen LogP contribution in [0.1, 0.15) is 12.5 Å². The van der Waals surface area contributed by atoms with E-state index in [-0.39, 0.29) is 12.5 Å². The van der Waals surface area contributed by atoms with Crippen LogP contribution in [-0.4, -0.2) is 30.6 Å². The van der Waals surface area contributed by atoms with Crippen LogP contribution in [0.2, 0.25) is 0 Å². The number of rotatable bonds is 7. The highest BCUT2D eigenvalue weighted by Gasteiger charge is 2.02. The Morgan fingerprint density at radius 1 is 1.04 bits per heavy atom. The number of nitrogens with one attached hydrogen (secondary N) is 1. The second-order valence-corrected chi connectivity index (χ2v) is 6.03. The average molecular weight is 374 g/mol. The van der Waals surface area contributed by atoms with Crippen LogP contribution >= 0.6 is 0 Å². The van der Waals surface area contributed by atoms with Gasteiger partial charge in [0, 0.05) is 17.6 Å². The van der Waals surface area contributed by atoms with Crippen molar-refractivity contribution in [1.82, 2.24) is 10.3 Å². The molecule has 0 saturated heterocycles. The number of pyridine rings is 1. The summed E-state index contributed by atoms with van der Waals surface area (Å²) in [5, 5.41) is 3.85. The van der Waals surface area contributed by atoms with Crippen molar-refractivity contribution < 1.29 is 14.3 Å². The Labute approximate surface area is 164 Å². The van der Waals surface area contributed by atoms with Gasteiger partial charge in [-0.15, -0.1) is 0 Å². The number of aromatic nitrogens is 1. The number of benzene rings is 2. The van der Waals surface area contributed by atoms with Gasteiger partial charge < -0.3 is 14.8 Å². The first-order valence-electron chi connectivity index (χ1n) is 9.16. The molecule has 2 aromatic carbocycles. The SMILES string of the molecule is CCOc1ccc(CC(=O)NCC#CCOc2ccc3cccnc3c2)cc1. The molecule has 0 aliphatic rings. The number of fused-ring (bicyclic) bond motifs is 1. The van der Waals surface area contributed by atoms with Crippen molar-refractivity contribution in [2.75, 3.05) is 19.8 Å². The van der Waals surface area contributed by atoms with Gasteiger partial charge in [-0.25, -0.2) is 0 Å². The zero-order valence-corrected chi connectivity index (χ0v) is 15.8. The Bertz CT molecular complexity index is 988. The van der Waals surface area contributed by atoms with Crippen LogP contribution in [0.4, 0.5) is 0 Å². The molecular formula is C23H22N2O3. The predicted molar refractivity (Wildman–Crippen MR) is 109 cm³/mol. The highest BCUT2D eigenvalue weighted by molar-refractivity contribution is 5.79. The lowest BCUT2D eigenvalue weighted by Crippen LogP contribution is -2.25. The molecule has 5 heteroatoms. The summed E-state index contributed by atoms with van der Waals surface area (Å²) in [4.78, 5) is 16.3. The minimum absolute atomic E-state index is 0.0695. The molecule has 1 N–H and O–H groups in total. The minimum Gasteiger partial charge on any atom is -0.494 e. The summed E-state index contributed by atoms with van der Waals surface area (Å²) in [5.41, 5.74) is 1.82. The van der Waals surface area contributed by atoms with Gasteiger partial charge in [-0.05, 0) is 42.8 Å². The summed E-state index contributed by atoms with van der Waals surface area (Å²) in [6.45, 7) is 3.11. The van der Waals surface area contributed by atoms with E-state index in [1.54, 1.807) is 6.20 Å². The topological polar surface area (TPSA) is 60.5 Å². The van der Waals surface area contributed by atoms with Gasteiger partial charge >= 0.3 is 0 Å². The third kappa shape index (κ3) is 5.75. The number of carbonyl (C=O) groups excluding carboxylic acids is 1. The largest absolute Gasteiger partial charge is 0.494 e. The third-order valence-electron chi connectivity index (χ3n) is 3.99. The quantitative estimate of drug-likeness (QED) is 0.644. The molecule has 0 aliphatic heterocycles. The van der Waals surface area contributed by atoms with Crippen molar-refractivity contribution in [3.63, 3.8) is 0 Å². The fourth-order valence-electron chi connectivity index (χ4n) is 2.63. The zero-order chi connectivity index (χ0) is 19.6. The fourth-order valence-corrected chi connectivity index (χ4v) is 2.63. The maximum atomic E-state index is 12.0. The lowest BCUT2D eigenvalue weighted by molar-refractivity contribution is -0.120. The van der Waals surface area contributed by atoms with Crippen molar-refractivity contribution in [1.29, 1.82) is 0 Å². The predicted octanol–water partition coefficient (Wildman–Crippen LogP) is 3.37. The number of hydrogen-bond donors (Lipinski definition) is 1. The number of hydrogen-bond acceptors (Lipinski definition) is 4. The van der Waals surface area contributed by atoms with Crippen LogP contribution in [0.3, 0.4) is 0 Å². The van der Waals surface area contributed by atoms with E-state index in [1.807, 2.05) is 61.5 Å². The number of ether oxygens (including phenoxy) is 2. The first kappa shape index (κ1) is 19.2. The van der Waals surface area contributed by atoms with Gasteiger partial charge in [-0.2, -0.15) is 0 Å². The minimum atomic E-state index is -0.0695. The summed E-state index contributed by atoms with van der Waals surface area (Å²) in [6, 6.07) is 17.2. The molecule has 28 heavy (non-hydrogen) atoms. The van der Waals surface area contributed by atoms with Crippen LogP contribution < -0.4 is 14.8 Å². The highest BCUT2D eigenvalue weighted by Crippen LogP contribution is 2.18. The summed E-state index contributed by atoms with van der Waals surface area (Å²) < 4.78 is 11.0. The Morgan fingerprint density at radius 3 is 2.68 bits per heavy atom. The molecule has 0 saturated carbocycles. The molecule has 0 radical (unpaired) electrons. The summed E-state index contributed by atoms with van der Waals surface area (Å²) >= 11 is 0. The molecule has 142 valence electrons. The Morgan fingerprint density at radius 2 is 1.86 bits per heavy atom. The molecule has 0 unspecified atom stereocenters. The van der Waals surface area contributed by atoms with Crippen molar-refractivity contribution in [2.45, 2.75) is 13.3 Å². The van der Waals surface area contributed by atoms with Gasteiger partial charge in [0.15, 0.2) is 0 Å². The fraction of sp³-hybridized carbons (Fsp3) is 0.217. The molecule has 0 aliphatic carbocycles. The van der Waals surface area contributed by atoms with Crippen LogP contribution in [0.25, 0.3) is 10.9 Å². The molecule has 3 rings (SSSR count). The van der Waals surface area contributed by atoms with Crippen molar-refractivity contribution >= 4 is 16.8 Å². The first-order valence-corrected chi connectivity index (χ1v) is 9.16. The van der Waals surface area contributed by atoms with E-state index in [2.05, 4.69) is 22.1 Å². The van der Waals surface area contributed by atoms with E-state index in [1.165, 1.54) is 0 Å². The van der Waals surface area contributed by atoms with Gasteiger partial charge in [0.05, 0.1) is 25.1 Å². The smallest absolute Gasteiger partial charge is 0.225 e. The molecule has 0 bridgehead atoms. The van der Waals surface area contributed by atoms with E-state index in [0.29, 0.717) is 19.6 Å². The lowest BCUT2D eigenvalue weighted by Gasteiger charge is -2.05. The van der Waals surface area contributed by atoms with E-state index < -0.39 is 0 Å². The summed E-state index contributed by atoms with van der Waals surface area (Å²) in [7, 11) is 0. The normalized spacial score (nSPS) is 10.0. The molecule has 0 spiro atoms. The maximum Gasteiger partial charge on any atom is 0.225 e. The number of nitrogens with zero attached hydrogens (tertiary/aromatic N) is 1. The lowest BCUT2D eigenvalue weighted by atomic mass is 10.1. The number of carbonyl (C=O) groups is 1. The van der Waals surface area contributed by atoms with Gasteiger partial charge in [0.1, 0.15) is 18.1 Å². The van der Waals surface area contributed by atoms with E-state index in [9.17, 15) is 4.79 Å². The van der Waals surface area contributed by atoms with Crippen LogP contribution in [0.15, 0.2) is 60.8 Å². The van der Waals surface area contributed by atoms with Crippen molar-refractivity contribution in [2.24, 2.45) is 0 Å². The van der Waals surface area contributed by atoms with E-state index in [4.69, 9.17) is 9.47 Å². The monoisotopic (exact) mass is 374 g/mol. The van der Waals surface area contributed by atoms with Crippen molar-refractivity contribution in [3.8, 4) is 23.3 Å². The first-order chi connectivity index (χ1) is 13.7.